The van der Waals surface area contributed by atoms with Crippen LogP contribution in [0.1, 0.15) is 46.1 Å². The molecule has 1 aromatic carbocycles. The summed E-state index contributed by atoms with van der Waals surface area (Å²) in [4.78, 5) is 24.2. The molecule has 0 heterocycles. The van der Waals surface area contributed by atoms with Crippen LogP contribution in [0.5, 0.6) is 0 Å². The molecule has 4 nitrogen and oxygen atoms in total. The van der Waals surface area contributed by atoms with E-state index in [0.717, 1.165) is 18.4 Å². The third-order valence-corrected chi connectivity index (χ3v) is 3.65. The van der Waals surface area contributed by atoms with Gasteiger partial charge in [-0.05, 0) is 38.2 Å². The fourth-order valence-corrected chi connectivity index (χ4v) is 2.01. The zero-order valence-corrected chi connectivity index (χ0v) is 14.6. The van der Waals surface area contributed by atoms with Crippen LogP contribution in [0.4, 0.5) is 0 Å². The van der Waals surface area contributed by atoms with Gasteiger partial charge in [-0.3, -0.25) is 9.59 Å². The fourth-order valence-electron chi connectivity index (χ4n) is 2.01. The quantitative estimate of drug-likeness (QED) is 0.395. The molecule has 1 rings (SSSR count). The average molecular weight is 320 g/mol. The first-order valence-corrected chi connectivity index (χ1v) is 8.22. The summed E-state index contributed by atoms with van der Waals surface area (Å²) in [6, 6.07) is 9.77. The highest BCUT2D eigenvalue weighted by molar-refractivity contribution is 5.99. The Morgan fingerprint density at radius 1 is 1.00 bits per heavy atom. The lowest BCUT2D eigenvalue weighted by Gasteiger charge is -2.21. The largest absolute Gasteiger partial charge is 0.465 e. The molecule has 0 bridgehead atoms. The molecule has 0 atom stereocenters. The first-order valence-electron chi connectivity index (χ1n) is 8.22. The van der Waals surface area contributed by atoms with Crippen LogP contribution in [0.25, 0.3) is 0 Å². The molecule has 0 aliphatic carbocycles. The highest BCUT2D eigenvalue weighted by atomic mass is 16.6. The highest BCUT2D eigenvalue weighted by Gasteiger charge is 2.39. The maximum atomic E-state index is 12.1. The summed E-state index contributed by atoms with van der Waals surface area (Å²) in [7, 11) is 0. The number of rotatable bonds is 9. The molecule has 0 spiro atoms. The Bertz CT molecular complexity index is 491. The molecule has 4 heteroatoms. The molecule has 0 radical (unpaired) electrons. The average Bonchev–Trinajstić information content (AvgIpc) is 2.52. The molecule has 0 N–H and O–H groups in total. The van der Waals surface area contributed by atoms with E-state index in [1.165, 1.54) is 0 Å². The minimum atomic E-state index is -1.27. The second-order valence-electron chi connectivity index (χ2n) is 6.67. The number of hydrogen-bond acceptors (Lipinski definition) is 4. The molecule has 23 heavy (non-hydrogen) atoms. The van der Waals surface area contributed by atoms with Gasteiger partial charge >= 0.3 is 11.9 Å². The van der Waals surface area contributed by atoms with Crippen molar-refractivity contribution in [3.8, 4) is 0 Å². The molecule has 0 aliphatic heterocycles. The Hall–Kier alpha value is -1.84. The van der Waals surface area contributed by atoms with Crippen LogP contribution < -0.4 is 0 Å². The lowest BCUT2D eigenvalue weighted by molar-refractivity contribution is -0.169. The molecule has 0 saturated carbocycles. The lowest BCUT2D eigenvalue weighted by atomic mass is 9.94. The zero-order chi connectivity index (χ0) is 17.3. The van der Waals surface area contributed by atoms with Gasteiger partial charge in [0, 0.05) is 6.42 Å². The van der Waals surface area contributed by atoms with E-state index in [2.05, 4.69) is 13.8 Å². The van der Waals surface area contributed by atoms with E-state index >= 15 is 0 Å². The fraction of sp³-hybridized carbons (Fsp3) is 0.579. The number of esters is 2. The zero-order valence-electron chi connectivity index (χ0n) is 14.6. The molecule has 0 aromatic heterocycles. The standard InChI is InChI=1S/C19H28O4/c1-15(2)9-8-13-22-17(20)19(3,4)18(21)23-14-12-16-10-6-5-7-11-16/h5-7,10-11,15H,8-9,12-14H2,1-4H3. The third-order valence-electron chi connectivity index (χ3n) is 3.65. The molecule has 128 valence electrons. The van der Waals surface area contributed by atoms with Gasteiger partial charge in [0.15, 0.2) is 5.41 Å². The van der Waals surface area contributed by atoms with Gasteiger partial charge in [0.2, 0.25) is 0 Å². The number of benzene rings is 1. The van der Waals surface area contributed by atoms with Gasteiger partial charge in [0.25, 0.3) is 0 Å². The van der Waals surface area contributed by atoms with E-state index in [4.69, 9.17) is 9.47 Å². The van der Waals surface area contributed by atoms with Crippen LogP contribution in [0, 0.1) is 11.3 Å². The van der Waals surface area contributed by atoms with Crippen LogP contribution in [-0.2, 0) is 25.5 Å². The minimum absolute atomic E-state index is 0.257. The van der Waals surface area contributed by atoms with E-state index in [0.29, 0.717) is 18.9 Å². The Kier molecular flexibility index (Phi) is 7.79. The van der Waals surface area contributed by atoms with Crippen molar-refractivity contribution in [3.63, 3.8) is 0 Å². The van der Waals surface area contributed by atoms with Crippen molar-refractivity contribution in [3.05, 3.63) is 35.9 Å². The first kappa shape index (κ1) is 19.2. The Labute approximate surface area is 139 Å². The summed E-state index contributed by atoms with van der Waals surface area (Å²) >= 11 is 0. The lowest BCUT2D eigenvalue weighted by Crippen LogP contribution is -2.37. The molecular formula is C19H28O4. The van der Waals surface area contributed by atoms with Gasteiger partial charge in [-0.1, -0.05) is 44.2 Å². The molecule has 0 saturated heterocycles. The van der Waals surface area contributed by atoms with Crippen molar-refractivity contribution in [2.45, 2.75) is 47.0 Å². The highest BCUT2D eigenvalue weighted by Crippen LogP contribution is 2.20. The molecule has 0 unspecified atom stereocenters. The van der Waals surface area contributed by atoms with Gasteiger partial charge in [0.05, 0.1) is 13.2 Å². The Morgan fingerprint density at radius 3 is 2.13 bits per heavy atom. The predicted octanol–water partition coefficient (Wildman–Crippen LogP) is 3.78. The van der Waals surface area contributed by atoms with E-state index in [1.807, 2.05) is 30.3 Å². The maximum absolute atomic E-state index is 12.1. The summed E-state index contributed by atoms with van der Waals surface area (Å²) in [5.74, 6) is -0.488. The van der Waals surface area contributed by atoms with Crippen LogP contribution >= 0.6 is 0 Å². The smallest absolute Gasteiger partial charge is 0.322 e. The second kappa shape index (κ2) is 9.33. The van der Waals surface area contributed by atoms with Crippen molar-refractivity contribution in [1.29, 1.82) is 0 Å². The molecule has 1 aromatic rings. The van der Waals surface area contributed by atoms with Gasteiger partial charge in [-0.25, -0.2) is 0 Å². The van der Waals surface area contributed by atoms with Crippen molar-refractivity contribution in [2.75, 3.05) is 13.2 Å². The normalized spacial score (nSPS) is 11.3. The van der Waals surface area contributed by atoms with Crippen LogP contribution in [-0.4, -0.2) is 25.2 Å². The van der Waals surface area contributed by atoms with Gasteiger partial charge < -0.3 is 9.47 Å². The van der Waals surface area contributed by atoms with Crippen molar-refractivity contribution >= 4 is 11.9 Å². The van der Waals surface area contributed by atoms with Gasteiger partial charge in [0.1, 0.15) is 0 Å². The summed E-state index contributed by atoms with van der Waals surface area (Å²) < 4.78 is 10.4. The Balaban J connectivity index is 2.35. The molecule has 0 fully saturated rings. The Morgan fingerprint density at radius 2 is 1.57 bits per heavy atom. The van der Waals surface area contributed by atoms with Crippen molar-refractivity contribution in [2.24, 2.45) is 11.3 Å². The van der Waals surface area contributed by atoms with E-state index in [1.54, 1.807) is 13.8 Å². The van der Waals surface area contributed by atoms with E-state index in [9.17, 15) is 9.59 Å². The topological polar surface area (TPSA) is 52.6 Å². The van der Waals surface area contributed by atoms with Gasteiger partial charge in [-0.2, -0.15) is 0 Å². The summed E-state index contributed by atoms with van der Waals surface area (Å²) in [5, 5.41) is 0. The van der Waals surface area contributed by atoms with Crippen molar-refractivity contribution < 1.29 is 19.1 Å². The summed E-state index contributed by atoms with van der Waals surface area (Å²) in [6.45, 7) is 7.93. The van der Waals surface area contributed by atoms with E-state index in [-0.39, 0.29) is 6.61 Å². The van der Waals surface area contributed by atoms with Crippen LogP contribution in [0.2, 0.25) is 0 Å². The molecule has 0 amide bonds. The summed E-state index contributed by atoms with van der Waals surface area (Å²) in [6.07, 6.45) is 2.43. The van der Waals surface area contributed by atoms with Crippen molar-refractivity contribution in [1.82, 2.24) is 0 Å². The maximum Gasteiger partial charge on any atom is 0.322 e. The predicted molar refractivity (Wildman–Crippen MR) is 89.9 cm³/mol. The summed E-state index contributed by atoms with van der Waals surface area (Å²) in [5.41, 5.74) is -0.177. The number of carbonyl (C=O) groups is 2. The second-order valence-corrected chi connectivity index (χ2v) is 6.67. The number of carbonyl (C=O) groups excluding carboxylic acids is 2. The monoisotopic (exact) mass is 320 g/mol. The first-order chi connectivity index (χ1) is 10.8. The molecule has 0 aliphatic rings. The SMILES string of the molecule is CC(C)CCCOC(=O)C(C)(C)C(=O)OCCc1ccccc1. The minimum Gasteiger partial charge on any atom is -0.465 e. The third kappa shape index (κ3) is 6.85. The van der Waals surface area contributed by atoms with E-state index < -0.39 is 17.4 Å². The van der Waals surface area contributed by atoms with Gasteiger partial charge in [-0.15, -0.1) is 0 Å². The van der Waals surface area contributed by atoms with Crippen LogP contribution in [0.3, 0.4) is 0 Å². The van der Waals surface area contributed by atoms with Crippen LogP contribution in [0.15, 0.2) is 30.3 Å². The number of hydrogen-bond donors (Lipinski definition) is 0. The molecular weight excluding hydrogens is 292 g/mol. The number of ether oxygens (including phenoxy) is 2.